The maximum atomic E-state index is 12.5. The van der Waals surface area contributed by atoms with Gasteiger partial charge in [0.15, 0.2) is 0 Å². The minimum absolute atomic E-state index is 0.00460. The Hall–Kier alpha value is -3.82. The molecular weight excluding hydrogens is 386 g/mol. The van der Waals surface area contributed by atoms with E-state index in [9.17, 15) is 18.4 Å². The zero-order valence-electron chi connectivity index (χ0n) is 15.4. The Kier molecular flexibility index (Phi) is 5.82. The molecule has 1 heterocycles. The van der Waals surface area contributed by atoms with Crippen LogP contribution in [0.3, 0.4) is 0 Å². The van der Waals surface area contributed by atoms with Gasteiger partial charge in [-0.05, 0) is 49.4 Å². The summed E-state index contributed by atoms with van der Waals surface area (Å²) < 4.78 is 34.8. The molecule has 0 saturated heterocycles. The van der Waals surface area contributed by atoms with Crippen molar-refractivity contribution in [2.24, 2.45) is 0 Å². The van der Waals surface area contributed by atoms with Gasteiger partial charge in [-0.15, -0.1) is 5.10 Å². The molecule has 29 heavy (non-hydrogen) atoms. The Morgan fingerprint density at radius 2 is 1.86 bits per heavy atom. The van der Waals surface area contributed by atoms with E-state index >= 15 is 0 Å². The van der Waals surface area contributed by atoms with Crippen LogP contribution in [-0.4, -0.2) is 40.4 Å². The molecule has 1 aromatic heterocycles. The largest absolute Gasteiger partial charge is 0.465 e. The topological polar surface area (TPSA) is 95.3 Å². The molecule has 0 aliphatic carbocycles. The third-order valence-electron chi connectivity index (χ3n) is 3.82. The predicted octanol–water partition coefficient (Wildman–Crippen LogP) is 3.22. The lowest BCUT2D eigenvalue weighted by molar-refractivity contribution is -0.0498. The number of carbonyl (C=O) groups is 2. The van der Waals surface area contributed by atoms with Crippen LogP contribution in [0.5, 0.6) is 5.75 Å². The van der Waals surface area contributed by atoms with E-state index in [1.807, 2.05) is 0 Å². The van der Waals surface area contributed by atoms with E-state index in [4.69, 9.17) is 0 Å². The van der Waals surface area contributed by atoms with Crippen LogP contribution < -0.4 is 10.1 Å². The number of amides is 1. The van der Waals surface area contributed by atoms with E-state index in [1.165, 1.54) is 42.1 Å². The van der Waals surface area contributed by atoms with Gasteiger partial charge in [0, 0.05) is 5.69 Å². The molecule has 0 radical (unpaired) electrons. The number of methoxy groups -OCH3 is 1. The molecule has 0 aliphatic heterocycles. The second-order valence-electron chi connectivity index (χ2n) is 5.79. The number of aromatic nitrogens is 3. The molecule has 0 bridgehead atoms. The van der Waals surface area contributed by atoms with E-state index in [0.29, 0.717) is 17.2 Å². The second kappa shape index (κ2) is 8.46. The number of nitrogens with zero attached hydrogens (tertiary/aromatic N) is 3. The summed E-state index contributed by atoms with van der Waals surface area (Å²) in [4.78, 5) is 28.2. The van der Waals surface area contributed by atoms with Gasteiger partial charge in [-0.25, -0.2) is 14.5 Å². The molecule has 3 rings (SSSR count). The van der Waals surface area contributed by atoms with Gasteiger partial charge in [0.1, 0.15) is 11.6 Å². The molecule has 0 fully saturated rings. The number of alkyl halides is 2. The quantitative estimate of drug-likeness (QED) is 0.636. The third kappa shape index (κ3) is 4.72. The van der Waals surface area contributed by atoms with Crippen molar-refractivity contribution in [1.29, 1.82) is 0 Å². The first-order valence-electron chi connectivity index (χ1n) is 8.36. The lowest BCUT2D eigenvalue weighted by Gasteiger charge is -2.06. The summed E-state index contributed by atoms with van der Waals surface area (Å²) in [6.07, 6.45) is 0. The number of aryl methyl sites for hydroxylation is 1. The van der Waals surface area contributed by atoms with Crippen molar-refractivity contribution in [3.63, 3.8) is 0 Å². The number of hydrogen-bond donors (Lipinski definition) is 1. The number of nitrogens with one attached hydrogen (secondary N) is 1. The highest BCUT2D eigenvalue weighted by Gasteiger charge is 2.16. The first-order valence-corrected chi connectivity index (χ1v) is 8.36. The van der Waals surface area contributed by atoms with Gasteiger partial charge in [-0.3, -0.25) is 4.79 Å². The van der Waals surface area contributed by atoms with E-state index in [-0.39, 0.29) is 17.1 Å². The summed E-state index contributed by atoms with van der Waals surface area (Å²) in [6, 6.07) is 12.0. The zero-order chi connectivity index (χ0) is 21.0. The number of esters is 1. The molecule has 3 aromatic rings. The average Bonchev–Trinajstić information content (AvgIpc) is 3.09. The van der Waals surface area contributed by atoms with Crippen LogP contribution in [0.2, 0.25) is 0 Å². The summed E-state index contributed by atoms with van der Waals surface area (Å²) in [5.74, 6) is -0.782. The Labute approximate surface area is 164 Å². The standard InChI is InChI=1S/C19H16F2N4O4/c1-11-22-16(17(26)23-13-5-3-4-12(10-13)18(27)28-2)24-25(11)14-6-8-15(9-7-14)29-19(20)21/h3-10,19H,1-2H3,(H,23,26). The van der Waals surface area contributed by atoms with Gasteiger partial charge in [0.2, 0.25) is 5.82 Å². The molecule has 8 nitrogen and oxygen atoms in total. The van der Waals surface area contributed by atoms with E-state index in [0.717, 1.165) is 0 Å². The summed E-state index contributed by atoms with van der Waals surface area (Å²) in [7, 11) is 1.26. The van der Waals surface area contributed by atoms with Gasteiger partial charge in [-0.1, -0.05) is 6.07 Å². The highest BCUT2D eigenvalue weighted by atomic mass is 19.3. The van der Waals surface area contributed by atoms with Crippen molar-refractivity contribution in [3.8, 4) is 11.4 Å². The van der Waals surface area contributed by atoms with E-state index in [1.54, 1.807) is 25.1 Å². The van der Waals surface area contributed by atoms with Crippen molar-refractivity contribution in [2.75, 3.05) is 12.4 Å². The minimum atomic E-state index is -2.91. The summed E-state index contributed by atoms with van der Waals surface area (Å²) in [5.41, 5.74) is 1.18. The smallest absolute Gasteiger partial charge is 0.387 e. The maximum Gasteiger partial charge on any atom is 0.387 e. The Morgan fingerprint density at radius 3 is 2.52 bits per heavy atom. The molecule has 0 spiro atoms. The molecular formula is C19H16F2N4O4. The number of halogens is 2. The number of hydrogen-bond acceptors (Lipinski definition) is 6. The molecule has 10 heteroatoms. The Morgan fingerprint density at radius 1 is 1.14 bits per heavy atom. The number of rotatable bonds is 6. The fourth-order valence-electron chi connectivity index (χ4n) is 2.53. The maximum absolute atomic E-state index is 12.5. The lowest BCUT2D eigenvalue weighted by Crippen LogP contribution is -2.15. The van der Waals surface area contributed by atoms with Crippen LogP contribution in [-0.2, 0) is 4.74 Å². The van der Waals surface area contributed by atoms with Crippen LogP contribution in [0, 0.1) is 6.92 Å². The monoisotopic (exact) mass is 402 g/mol. The fraction of sp³-hybridized carbons (Fsp3) is 0.158. The first kappa shape index (κ1) is 19.9. The molecule has 0 saturated carbocycles. The van der Waals surface area contributed by atoms with Crippen LogP contribution in [0.25, 0.3) is 5.69 Å². The zero-order valence-corrected chi connectivity index (χ0v) is 15.4. The fourth-order valence-corrected chi connectivity index (χ4v) is 2.53. The molecule has 1 amide bonds. The summed E-state index contributed by atoms with van der Waals surface area (Å²) >= 11 is 0. The molecule has 150 valence electrons. The van der Waals surface area contributed by atoms with Gasteiger partial charge < -0.3 is 14.8 Å². The van der Waals surface area contributed by atoms with E-state index < -0.39 is 18.5 Å². The normalized spacial score (nSPS) is 10.7. The SMILES string of the molecule is COC(=O)c1cccc(NC(=O)c2nc(C)n(-c3ccc(OC(F)F)cc3)n2)c1. The Balaban J connectivity index is 1.77. The van der Waals surface area contributed by atoms with Gasteiger partial charge >= 0.3 is 12.6 Å². The van der Waals surface area contributed by atoms with Crippen molar-refractivity contribution in [3.05, 3.63) is 65.7 Å². The highest BCUT2D eigenvalue weighted by molar-refractivity contribution is 6.02. The molecule has 0 atom stereocenters. The minimum Gasteiger partial charge on any atom is -0.465 e. The lowest BCUT2D eigenvalue weighted by atomic mass is 10.2. The van der Waals surface area contributed by atoms with E-state index in [2.05, 4.69) is 24.9 Å². The summed E-state index contributed by atoms with van der Waals surface area (Å²) in [5, 5.41) is 6.77. The third-order valence-corrected chi connectivity index (χ3v) is 3.82. The molecule has 1 N–H and O–H groups in total. The number of anilines is 1. The van der Waals surface area contributed by atoms with Crippen molar-refractivity contribution in [1.82, 2.24) is 14.8 Å². The number of benzene rings is 2. The van der Waals surface area contributed by atoms with Crippen molar-refractivity contribution in [2.45, 2.75) is 13.5 Å². The second-order valence-corrected chi connectivity index (χ2v) is 5.79. The molecule has 0 aliphatic rings. The molecule has 2 aromatic carbocycles. The average molecular weight is 402 g/mol. The Bertz CT molecular complexity index is 1030. The van der Waals surface area contributed by atoms with Crippen molar-refractivity contribution >= 4 is 17.6 Å². The van der Waals surface area contributed by atoms with Crippen LogP contribution in [0.1, 0.15) is 26.8 Å². The molecule has 0 unspecified atom stereocenters. The summed E-state index contributed by atoms with van der Waals surface area (Å²) in [6.45, 7) is -1.27. The number of ether oxygens (including phenoxy) is 2. The van der Waals surface area contributed by atoms with Gasteiger partial charge in [-0.2, -0.15) is 8.78 Å². The van der Waals surface area contributed by atoms with Crippen molar-refractivity contribution < 1.29 is 27.8 Å². The van der Waals surface area contributed by atoms with Crippen LogP contribution >= 0.6 is 0 Å². The highest BCUT2D eigenvalue weighted by Crippen LogP contribution is 2.18. The van der Waals surface area contributed by atoms with Crippen LogP contribution in [0.4, 0.5) is 14.5 Å². The van der Waals surface area contributed by atoms with Gasteiger partial charge in [0.05, 0.1) is 18.4 Å². The van der Waals surface area contributed by atoms with Gasteiger partial charge in [0.25, 0.3) is 5.91 Å². The predicted molar refractivity (Wildman–Crippen MR) is 98.5 cm³/mol. The first-order chi connectivity index (χ1) is 13.9. The number of carbonyl (C=O) groups excluding carboxylic acids is 2. The van der Waals surface area contributed by atoms with Crippen LogP contribution in [0.15, 0.2) is 48.5 Å².